The predicted octanol–water partition coefficient (Wildman–Crippen LogP) is 31.1. The summed E-state index contributed by atoms with van der Waals surface area (Å²) in [7, 11) is 0. The molecule has 0 aliphatic heterocycles. The largest absolute Gasteiger partial charge is 0.459 e. The van der Waals surface area contributed by atoms with Gasteiger partial charge in [0, 0.05) is 22.6 Å². The van der Waals surface area contributed by atoms with Crippen LogP contribution in [-0.4, -0.2) is 82.5 Å². The quantitative estimate of drug-likeness (QED) is 0.00873. The smallest absolute Gasteiger partial charge is 0.398 e. The van der Waals surface area contributed by atoms with E-state index in [1.54, 1.807) is 116 Å². The highest BCUT2D eigenvalue weighted by Crippen LogP contribution is 2.36. The number of nitrogens with zero attached hydrogens (tertiary/aromatic N) is 2. The van der Waals surface area contributed by atoms with Crippen LogP contribution in [0.3, 0.4) is 0 Å². The van der Waals surface area contributed by atoms with Crippen LogP contribution >= 0.6 is 0 Å². The molecule has 0 N–H and O–H groups in total. The SMILES string of the molecule is CCCC(CCC)OC(=O)c1ccc(-c2ccc(OC(=O)C#Cc3ccc(C(C)C)cc3)cc2)cc1.CCCCCC[C@@H](C(=O)c1ccc(C(=O)Oc2ccc(-c3ccc(C(C)C)cc3)cc2)cc1)C(F)(F)F.CCCCCC[C@H](C)OC(=O)c1ccc(C(=O)Oc2ccc(-c3ccc(C(C)C)cc3)cc2)cc1.CCC[C@H](F)[C@@H](F)Oc1cnc(-c2ccc(C(=O)Oc3ccc(C(C)C)cc3)cc2)nc1. The van der Waals surface area contributed by atoms with E-state index < -0.39 is 54.3 Å². The molecule has 140 heavy (non-hydrogen) atoms. The number of carbonyl (C=O) groups is 7. The molecule has 12 aromatic rings. The fraction of sp³-hybridized carbons (Fsp3) is 0.336. The Hall–Kier alpha value is -14.0. The summed E-state index contributed by atoms with van der Waals surface area (Å²) in [6.07, 6.45) is 6.36. The van der Waals surface area contributed by atoms with Crippen molar-refractivity contribution in [3.8, 4) is 85.4 Å². The minimum absolute atomic E-state index is 0.0301. The average Bonchev–Trinajstić information content (AvgIpc) is 0.834. The molecule has 0 amide bonds. The standard InChI is InChI=1S/C32H34O4.C31H33F3O3.C31H36O4.C25H26F2N2O3/c1-5-7-29(8-6-2)36-32(34)28-16-14-26(15-17-28)27-18-20-30(21-19-27)35-31(33)22-11-24-9-12-25(13-10-24)23(3)4;1-4-5-6-7-8-28(31(32,33)34)29(35)25-13-15-26(16-14-25)30(36)37-27-19-17-24(18-20-27)23-11-9-22(10-12-23)21(2)3;1-5-6-7-8-9-23(4)34-30(32)27-14-16-28(17-15-27)31(33)35-29-20-18-26(19-21-29)25-12-10-24(11-13-25)22(2)3;1-4-5-22(26)23(27)31-21-14-28-24(29-15-21)18-6-8-19(9-7-18)25(30)32-20-12-10-17(11-13-20)16(2)3/h9-10,12-21,23,29H,5-8H2,1-4H3;9-21,28H,4-8H2,1-3H3;10-23H,5-9H2,1-4H3;6-16,22-23H,4-5H2,1-3H3/t;28-;23-;22-,23-/m.000/s1. The lowest BCUT2D eigenvalue weighted by Crippen LogP contribution is -2.31. The number of hydrogen-bond donors (Lipinski definition) is 0. The summed E-state index contributed by atoms with van der Waals surface area (Å²) in [6, 6.07) is 79.3. The maximum atomic E-state index is 13.7. The summed E-state index contributed by atoms with van der Waals surface area (Å²) in [4.78, 5) is 95.4. The third kappa shape index (κ3) is 35.5. The Labute approximate surface area is 821 Å². The number of ether oxygens (including phenoxy) is 7. The Balaban J connectivity index is 0.000000209. The van der Waals surface area contributed by atoms with Crippen LogP contribution < -0.4 is 23.7 Å². The molecule has 21 heteroatoms. The molecule has 1 aromatic heterocycles. The van der Waals surface area contributed by atoms with Gasteiger partial charge >= 0.3 is 42.0 Å². The molecule has 1 heterocycles. The Morgan fingerprint density at radius 1 is 0.314 bits per heavy atom. The van der Waals surface area contributed by atoms with Gasteiger partial charge in [-0.2, -0.15) is 17.6 Å². The zero-order valence-electron chi connectivity index (χ0n) is 82.6. The zero-order valence-corrected chi connectivity index (χ0v) is 82.6. The maximum Gasteiger partial charge on any atom is 0.398 e. The molecule has 0 fully saturated rings. The normalized spacial score (nSPS) is 11.9. The topological polar surface area (TPSA) is 210 Å². The summed E-state index contributed by atoms with van der Waals surface area (Å²) < 4.78 is 106. The molecule has 0 bridgehead atoms. The second-order valence-corrected chi connectivity index (χ2v) is 35.7. The molecule has 0 saturated carbocycles. The highest BCUT2D eigenvalue weighted by molar-refractivity contribution is 6.00. The summed E-state index contributed by atoms with van der Waals surface area (Å²) in [5.74, 6) is 3.42. The van der Waals surface area contributed by atoms with Crippen molar-refractivity contribution in [2.24, 2.45) is 5.92 Å². The van der Waals surface area contributed by atoms with Gasteiger partial charge in [-0.25, -0.2) is 43.1 Å². The lowest BCUT2D eigenvalue weighted by Gasteiger charge is -2.19. The van der Waals surface area contributed by atoms with Gasteiger partial charge in [-0.3, -0.25) is 4.79 Å². The summed E-state index contributed by atoms with van der Waals surface area (Å²) >= 11 is 0. The van der Waals surface area contributed by atoms with Gasteiger partial charge in [0.25, 0.3) is 6.36 Å². The number of carbonyl (C=O) groups excluding carboxylic acids is 7. The summed E-state index contributed by atoms with van der Waals surface area (Å²) in [6.45, 7) is 29.1. The lowest BCUT2D eigenvalue weighted by atomic mass is 9.91. The molecule has 16 nitrogen and oxygen atoms in total. The van der Waals surface area contributed by atoms with E-state index in [1.165, 1.54) is 66.2 Å². The number of esters is 6. The van der Waals surface area contributed by atoms with Gasteiger partial charge in [0.15, 0.2) is 23.5 Å². The molecular formula is C119H129F5N2O14. The van der Waals surface area contributed by atoms with E-state index in [-0.39, 0.29) is 53.9 Å². The molecule has 0 spiro atoms. The van der Waals surface area contributed by atoms with E-state index in [2.05, 4.69) is 134 Å². The van der Waals surface area contributed by atoms with Crippen LogP contribution in [0, 0.1) is 17.8 Å². The molecule has 734 valence electrons. The Bertz CT molecular complexity index is 5920. The van der Waals surface area contributed by atoms with Crippen molar-refractivity contribution >= 4 is 41.6 Å². The first kappa shape index (κ1) is 110. The van der Waals surface area contributed by atoms with E-state index in [0.29, 0.717) is 99.6 Å². The van der Waals surface area contributed by atoms with Crippen LogP contribution in [0.2, 0.25) is 0 Å². The van der Waals surface area contributed by atoms with Crippen molar-refractivity contribution < 1.29 is 88.7 Å². The van der Waals surface area contributed by atoms with Gasteiger partial charge < -0.3 is 33.2 Å². The zero-order chi connectivity index (χ0) is 101. The van der Waals surface area contributed by atoms with Crippen LogP contribution in [0.25, 0.3) is 44.8 Å². The van der Waals surface area contributed by atoms with Crippen LogP contribution in [-0.2, 0) is 14.3 Å². The number of aromatic nitrogens is 2. The monoisotopic (exact) mass is 1900 g/mol. The van der Waals surface area contributed by atoms with Gasteiger partial charge in [0.05, 0.1) is 46.3 Å². The maximum absolute atomic E-state index is 13.7. The first-order valence-corrected chi connectivity index (χ1v) is 48.5. The second kappa shape index (κ2) is 56.2. The highest BCUT2D eigenvalue weighted by atomic mass is 19.4. The van der Waals surface area contributed by atoms with Gasteiger partial charge in [-0.1, -0.05) is 306 Å². The number of ketones is 1. The van der Waals surface area contributed by atoms with Crippen molar-refractivity contribution in [3.63, 3.8) is 0 Å². The van der Waals surface area contributed by atoms with E-state index in [4.69, 9.17) is 33.2 Å². The van der Waals surface area contributed by atoms with Crippen molar-refractivity contribution in [2.75, 3.05) is 0 Å². The third-order valence-electron chi connectivity index (χ3n) is 23.3. The molecule has 11 aromatic carbocycles. The highest BCUT2D eigenvalue weighted by Gasteiger charge is 2.44. The number of unbranched alkanes of at least 4 members (excludes halogenated alkanes) is 6. The van der Waals surface area contributed by atoms with Gasteiger partial charge in [0.1, 0.15) is 35.0 Å². The van der Waals surface area contributed by atoms with E-state index in [9.17, 15) is 55.5 Å². The predicted molar refractivity (Wildman–Crippen MR) is 543 cm³/mol. The second-order valence-electron chi connectivity index (χ2n) is 35.7. The van der Waals surface area contributed by atoms with Crippen LogP contribution in [0.1, 0.15) is 313 Å². The van der Waals surface area contributed by atoms with E-state index in [1.807, 2.05) is 111 Å². The molecule has 0 saturated heterocycles. The Morgan fingerprint density at radius 3 is 0.986 bits per heavy atom. The first-order chi connectivity index (χ1) is 67.2. The molecule has 0 aliphatic rings. The molecule has 0 aliphatic carbocycles. The van der Waals surface area contributed by atoms with Crippen LogP contribution in [0.5, 0.6) is 28.7 Å². The summed E-state index contributed by atoms with van der Waals surface area (Å²) in [5, 5.41) is 0. The number of Topliss-reactive ketones (excluding diaryl/α,β-unsaturated/α-hetero) is 1. The molecule has 0 radical (unpaired) electrons. The number of alkyl halides is 5. The van der Waals surface area contributed by atoms with Crippen molar-refractivity contribution in [3.05, 3.63) is 341 Å². The van der Waals surface area contributed by atoms with Gasteiger partial charge in [-0.15, -0.1) is 0 Å². The fourth-order valence-electron chi connectivity index (χ4n) is 14.8. The third-order valence-corrected chi connectivity index (χ3v) is 23.3. The van der Waals surface area contributed by atoms with Crippen molar-refractivity contribution in [2.45, 2.75) is 254 Å². The van der Waals surface area contributed by atoms with E-state index in [0.717, 1.165) is 102 Å². The number of hydrogen-bond acceptors (Lipinski definition) is 16. The number of rotatable bonds is 40. The van der Waals surface area contributed by atoms with Gasteiger partial charge in [-0.05, 0) is 246 Å². The van der Waals surface area contributed by atoms with Crippen LogP contribution in [0.4, 0.5) is 22.0 Å². The first-order valence-electron chi connectivity index (χ1n) is 48.5. The number of halogens is 5. The molecule has 12 rings (SSSR count). The van der Waals surface area contributed by atoms with Crippen molar-refractivity contribution in [1.82, 2.24) is 9.97 Å². The molecule has 4 atom stereocenters. The minimum atomic E-state index is -4.61. The Kier molecular flexibility index (Phi) is 44.0. The number of benzene rings is 11. The molecular weight excluding hydrogens is 1780 g/mol. The lowest BCUT2D eigenvalue weighted by molar-refractivity contribution is -0.162. The van der Waals surface area contributed by atoms with Crippen molar-refractivity contribution in [1.29, 1.82) is 0 Å². The Morgan fingerprint density at radius 2 is 0.621 bits per heavy atom. The summed E-state index contributed by atoms with van der Waals surface area (Å²) in [5.41, 5.74) is 14.3. The van der Waals surface area contributed by atoms with E-state index >= 15 is 0 Å². The fourth-order valence-corrected chi connectivity index (χ4v) is 14.8. The minimum Gasteiger partial charge on any atom is -0.459 e. The van der Waals surface area contributed by atoms with Crippen LogP contribution in [0.15, 0.2) is 279 Å². The molecule has 0 unspecified atom stereocenters. The average molecular weight is 1910 g/mol. The van der Waals surface area contributed by atoms with Gasteiger partial charge in [0.2, 0.25) is 0 Å².